The molecule has 0 saturated heterocycles. The van der Waals surface area contributed by atoms with Crippen molar-refractivity contribution in [2.24, 2.45) is 0 Å². The van der Waals surface area contributed by atoms with E-state index in [0.717, 1.165) is 36.0 Å². The first kappa shape index (κ1) is 23.3. The van der Waals surface area contributed by atoms with Gasteiger partial charge in [-0.25, -0.2) is 4.39 Å². The minimum absolute atomic E-state index is 0.120. The summed E-state index contributed by atoms with van der Waals surface area (Å²) in [6.45, 7) is 0.263. The van der Waals surface area contributed by atoms with Crippen LogP contribution in [0.5, 0.6) is 11.5 Å². The van der Waals surface area contributed by atoms with Gasteiger partial charge in [-0.05, 0) is 60.2 Å². The minimum Gasteiger partial charge on any atom is -0.493 e. The molecule has 0 aromatic heterocycles. The molecule has 0 heterocycles. The molecule has 0 spiro atoms. The van der Waals surface area contributed by atoms with E-state index >= 15 is 0 Å². The molecule has 3 aromatic carbocycles. The van der Waals surface area contributed by atoms with Crippen LogP contribution in [0.1, 0.15) is 35.4 Å². The van der Waals surface area contributed by atoms with Gasteiger partial charge in [-0.15, -0.1) is 0 Å². The summed E-state index contributed by atoms with van der Waals surface area (Å²) in [5.74, 6) is 0.945. The third-order valence-corrected chi connectivity index (χ3v) is 5.41. The number of ether oxygens (including phenoxy) is 2. The molecule has 1 atom stereocenters. The summed E-state index contributed by atoms with van der Waals surface area (Å²) in [5, 5.41) is 0. The molecule has 1 unspecified atom stereocenters. The van der Waals surface area contributed by atoms with Gasteiger partial charge < -0.3 is 14.4 Å². The predicted molar refractivity (Wildman–Crippen MR) is 125 cm³/mol. The molecule has 168 valence electrons. The van der Waals surface area contributed by atoms with Crippen LogP contribution in [-0.4, -0.2) is 32.0 Å². The fraction of sp³-hybridized carbons (Fsp3) is 0.296. The standard InChI is InChI=1S/C27H30FNO3/c1-29(2)27(30)24(22-11-5-4-6-12-22)14-8-9-20-15-16-25(26(18-20)31-3)32-19-21-10-7-13-23(28)17-21/h4-7,10-13,15-18,24H,8-9,14,19H2,1-3H3. The molecule has 0 bridgehead atoms. The van der Waals surface area contributed by atoms with Crippen LogP contribution in [0.3, 0.4) is 0 Å². The minimum atomic E-state index is -0.282. The normalized spacial score (nSPS) is 11.6. The number of nitrogens with zero attached hydrogens (tertiary/aromatic N) is 1. The number of rotatable bonds is 10. The lowest BCUT2D eigenvalue weighted by atomic mass is 9.91. The average Bonchev–Trinajstić information content (AvgIpc) is 2.81. The van der Waals surface area contributed by atoms with Crippen LogP contribution in [0.15, 0.2) is 72.8 Å². The summed E-state index contributed by atoms with van der Waals surface area (Å²) in [5.41, 5.74) is 2.92. The highest BCUT2D eigenvalue weighted by Crippen LogP contribution is 2.30. The molecule has 0 aliphatic rings. The molecule has 5 heteroatoms. The van der Waals surface area contributed by atoms with E-state index < -0.39 is 0 Å². The molecule has 1 amide bonds. The number of likely N-dealkylation sites (N-methyl/N-ethyl adjacent to an activating group) is 1. The first-order valence-electron chi connectivity index (χ1n) is 10.8. The SMILES string of the molecule is COc1cc(CCCC(C(=O)N(C)C)c2ccccc2)ccc1OCc1cccc(F)c1. The Bertz CT molecular complexity index is 1020. The Kier molecular flexibility index (Phi) is 8.26. The van der Waals surface area contributed by atoms with Crippen LogP contribution >= 0.6 is 0 Å². The fourth-order valence-electron chi connectivity index (χ4n) is 3.71. The van der Waals surface area contributed by atoms with Crippen molar-refractivity contribution in [3.63, 3.8) is 0 Å². The van der Waals surface area contributed by atoms with Crippen molar-refractivity contribution < 1.29 is 18.7 Å². The van der Waals surface area contributed by atoms with Crippen molar-refractivity contribution in [1.82, 2.24) is 4.90 Å². The number of aryl methyl sites for hydroxylation is 1. The van der Waals surface area contributed by atoms with Gasteiger partial charge in [-0.1, -0.05) is 48.5 Å². The van der Waals surface area contributed by atoms with Gasteiger partial charge in [0.15, 0.2) is 11.5 Å². The monoisotopic (exact) mass is 435 g/mol. The molecular weight excluding hydrogens is 405 g/mol. The number of hydrogen-bond acceptors (Lipinski definition) is 3. The van der Waals surface area contributed by atoms with Gasteiger partial charge in [0, 0.05) is 14.1 Å². The van der Waals surface area contributed by atoms with Crippen molar-refractivity contribution >= 4 is 5.91 Å². The summed E-state index contributed by atoms with van der Waals surface area (Å²) in [4.78, 5) is 14.4. The van der Waals surface area contributed by atoms with Gasteiger partial charge in [0.1, 0.15) is 12.4 Å². The van der Waals surface area contributed by atoms with Crippen LogP contribution in [-0.2, 0) is 17.8 Å². The highest BCUT2D eigenvalue weighted by atomic mass is 19.1. The number of carbonyl (C=O) groups excluding carboxylic acids is 1. The number of hydrogen-bond donors (Lipinski definition) is 0. The fourth-order valence-corrected chi connectivity index (χ4v) is 3.71. The molecule has 0 N–H and O–H groups in total. The number of benzene rings is 3. The lowest BCUT2D eigenvalue weighted by molar-refractivity contribution is -0.130. The van der Waals surface area contributed by atoms with Crippen LogP contribution < -0.4 is 9.47 Å². The van der Waals surface area contributed by atoms with E-state index in [1.807, 2.05) is 54.6 Å². The first-order chi connectivity index (χ1) is 15.5. The predicted octanol–water partition coefficient (Wildman–Crippen LogP) is 5.61. The molecular formula is C27H30FNO3. The van der Waals surface area contributed by atoms with Crippen molar-refractivity contribution in [1.29, 1.82) is 0 Å². The van der Waals surface area contributed by atoms with E-state index in [4.69, 9.17) is 9.47 Å². The van der Waals surface area contributed by atoms with Gasteiger partial charge in [-0.2, -0.15) is 0 Å². The van der Waals surface area contributed by atoms with Gasteiger partial charge in [0.05, 0.1) is 13.0 Å². The van der Waals surface area contributed by atoms with Crippen molar-refractivity contribution in [2.75, 3.05) is 21.2 Å². The summed E-state index contributed by atoms with van der Waals surface area (Å²) in [7, 11) is 5.20. The highest BCUT2D eigenvalue weighted by Gasteiger charge is 2.21. The van der Waals surface area contributed by atoms with E-state index in [0.29, 0.717) is 11.5 Å². The summed E-state index contributed by atoms with van der Waals surface area (Å²) < 4.78 is 24.7. The number of methoxy groups -OCH3 is 1. The van der Waals surface area contributed by atoms with Crippen LogP contribution in [0, 0.1) is 5.82 Å². The first-order valence-corrected chi connectivity index (χ1v) is 10.8. The van der Waals surface area contributed by atoms with Crippen molar-refractivity contribution in [3.8, 4) is 11.5 Å². The van der Waals surface area contributed by atoms with Crippen molar-refractivity contribution in [3.05, 3.63) is 95.3 Å². The third-order valence-electron chi connectivity index (χ3n) is 5.41. The Morgan fingerprint density at radius 2 is 1.72 bits per heavy atom. The van der Waals surface area contributed by atoms with E-state index in [1.165, 1.54) is 12.1 Å². The zero-order valence-electron chi connectivity index (χ0n) is 18.9. The zero-order valence-corrected chi connectivity index (χ0v) is 18.9. The lowest BCUT2D eigenvalue weighted by Gasteiger charge is -2.21. The number of amides is 1. The Morgan fingerprint density at radius 1 is 0.938 bits per heavy atom. The molecule has 3 rings (SSSR count). The van der Waals surface area contributed by atoms with Crippen LogP contribution in [0.25, 0.3) is 0 Å². The quantitative estimate of drug-likeness (QED) is 0.416. The molecule has 4 nitrogen and oxygen atoms in total. The largest absolute Gasteiger partial charge is 0.493 e. The maximum absolute atomic E-state index is 13.4. The second-order valence-corrected chi connectivity index (χ2v) is 7.99. The lowest BCUT2D eigenvalue weighted by Crippen LogP contribution is -2.28. The number of carbonyl (C=O) groups is 1. The van der Waals surface area contributed by atoms with E-state index in [-0.39, 0.29) is 24.2 Å². The summed E-state index contributed by atoms with van der Waals surface area (Å²) >= 11 is 0. The molecule has 0 saturated carbocycles. The van der Waals surface area contributed by atoms with Gasteiger partial charge in [0.2, 0.25) is 5.91 Å². The topological polar surface area (TPSA) is 38.8 Å². The Balaban J connectivity index is 1.62. The van der Waals surface area contributed by atoms with E-state index in [9.17, 15) is 9.18 Å². The van der Waals surface area contributed by atoms with Gasteiger partial charge in [-0.3, -0.25) is 4.79 Å². The Morgan fingerprint density at radius 3 is 2.41 bits per heavy atom. The molecule has 32 heavy (non-hydrogen) atoms. The second kappa shape index (κ2) is 11.3. The summed E-state index contributed by atoms with van der Waals surface area (Å²) in [6, 6.07) is 22.1. The van der Waals surface area contributed by atoms with Gasteiger partial charge in [0.25, 0.3) is 0 Å². The highest BCUT2D eigenvalue weighted by molar-refractivity contribution is 5.83. The molecule has 0 fully saturated rings. The van der Waals surface area contributed by atoms with Crippen LogP contribution in [0.2, 0.25) is 0 Å². The second-order valence-electron chi connectivity index (χ2n) is 7.99. The van der Waals surface area contributed by atoms with Crippen LogP contribution in [0.4, 0.5) is 4.39 Å². The Hall–Kier alpha value is -3.34. The number of halogens is 1. The average molecular weight is 436 g/mol. The smallest absolute Gasteiger partial charge is 0.229 e. The Labute approximate surface area is 189 Å². The molecule has 0 aliphatic heterocycles. The van der Waals surface area contributed by atoms with E-state index in [2.05, 4.69) is 0 Å². The van der Waals surface area contributed by atoms with E-state index in [1.54, 1.807) is 32.2 Å². The zero-order chi connectivity index (χ0) is 22.9. The third kappa shape index (κ3) is 6.33. The molecule has 0 aliphatic carbocycles. The maximum atomic E-state index is 13.4. The molecule has 0 radical (unpaired) electrons. The van der Waals surface area contributed by atoms with Gasteiger partial charge >= 0.3 is 0 Å². The summed E-state index contributed by atoms with van der Waals surface area (Å²) in [6.07, 6.45) is 2.46. The molecule has 3 aromatic rings. The maximum Gasteiger partial charge on any atom is 0.229 e. The van der Waals surface area contributed by atoms with Crippen molar-refractivity contribution in [2.45, 2.75) is 31.8 Å².